The van der Waals surface area contributed by atoms with Crippen LogP contribution in [0.25, 0.3) is 28.2 Å². The molecule has 0 amide bonds. The molecule has 156 valence electrons. The number of hydrogen-bond acceptors (Lipinski definition) is 1. The molecule has 32 heavy (non-hydrogen) atoms. The van der Waals surface area contributed by atoms with Crippen LogP contribution >= 0.6 is 0 Å². The van der Waals surface area contributed by atoms with Crippen LogP contribution in [-0.2, 0) is 6.42 Å². The van der Waals surface area contributed by atoms with Crippen molar-refractivity contribution in [2.75, 3.05) is 5.32 Å². The van der Waals surface area contributed by atoms with Crippen LogP contribution in [0.3, 0.4) is 0 Å². The quantitative estimate of drug-likeness (QED) is 0.357. The summed E-state index contributed by atoms with van der Waals surface area (Å²) in [5, 5.41) is 4.87. The zero-order valence-corrected chi connectivity index (χ0v) is 18.1. The molecule has 1 N–H and O–H groups in total. The smallest absolute Gasteiger partial charge is 0.0534 e. The summed E-state index contributed by atoms with van der Waals surface area (Å²) in [4.78, 5) is 0. The van der Waals surface area contributed by atoms with Crippen LogP contribution in [-0.4, -0.2) is 4.57 Å². The number of nitrogens with one attached hydrogen (secondary N) is 1. The molecular weight excluding hydrogens is 388 g/mol. The number of rotatable bonds is 4. The van der Waals surface area contributed by atoms with Gasteiger partial charge in [0.1, 0.15) is 0 Å². The first kappa shape index (κ1) is 18.9. The van der Waals surface area contributed by atoms with E-state index < -0.39 is 0 Å². The van der Waals surface area contributed by atoms with E-state index in [1.165, 1.54) is 39.0 Å². The predicted octanol–water partition coefficient (Wildman–Crippen LogP) is 8.06. The highest BCUT2D eigenvalue weighted by Gasteiger charge is 2.20. The van der Waals surface area contributed by atoms with Crippen molar-refractivity contribution in [1.82, 2.24) is 4.57 Å². The standard InChI is InChI=1S/C30H26N2/c1-2-8-24(9-3-1)31-25-18-14-22(15-19-25)23-16-20-26(21-17-23)32-29-12-6-4-10-27(29)28-11-5-7-13-30(28)32/h1-4,6-10,12-16,18-20,31H,5,11,17,21H2. The number of para-hydroxylation sites is 2. The average molecular weight is 415 g/mol. The van der Waals surface area contributed by atoms with Gasteiger partial charge in [0.05, 0.1) is 5.52 Å². The highest BCUT2D eigenvalue weighted by molar-refractivity contribution is 5.92. The molecular formula is C30H26N2. The topological polar surface area (TPSA) is 17.0 Å². The molecule has 0 radical (unpaired) electrons. The largest absolute Gasteiger partial charge is 0.356 e. The first-order valence-electron chi connectivity index (χ1n) is 11.5. The molecule has 3 aromatic carbocycles. The molecule has 6 rings (SSSR count). The Morgan fingerprint density at radius 3 is 2.28 bits per heavy atom. The third-order valence-corrected chi connectivity index (χ3v) is 6.59. The first-order valence-corrected chi connectivity index (χ1v) is 11.5. The normalized spacial score (nSPS) is 15.2. The summed E-state index contributed by atoms with van der Waals surface area (Å²) in [6, 6.07) is 28.0. The summed E-state index contributed by atoms with van der Waals surface area (Å²) in [7, 11) is 0. The second-order valence-corrected chi connectivity index (χ2v) is 8.58. The van der Waals surface area contributed by atoms with Gasteiger partial charge in [-0.3, -0.25) is 0 Å². The molecule has 0 saturated heterocycles. The molecule has 0 atom stereocenters. The van der Waals surface area contributed by atoms with Crippen LogP contribution in [0.1, 0.15) is 36.1 Å². The van der Waals surface area contributed by atoms with E-state index in [0.717, 1.165) is 37.1 Å². The van der Waals surface area contributed by atoms with Gasteiger partial charge < -0.3 is 9.88 Å². The van der Waals surface area contributed by atoms with Crippen LogP contribution in [0.5, 0.6) is 0 Å². The van der Waals surface area contributed by atoms with E-state index in [2.05, 4.69) is 94.9 Å². The number of allylic oxidation sites excluding steroid dienone is 5. The predicted molar refractivity (Wildman–Crippen MR) is 137 cm³/mol. The van der Waals surface area contributed by atoms with Crippen molar-refractivity contribution in [1.29, 1.82) is 0 Å². The lowest BCUT2D eigenvalue weighted by molar-refractivity contribution is 0.935. The fraction of sp³-hybridized carbons (Fsp3) is 0.133. The second-order valence-electron chi connectivity index (χ2n) is 8.58. The lowest BCUT2D eigenvalue weighted by atomic mass is 9.95. The molecule has 0 unspecified atom stereocenters. The molecule has 0 bridgehead atoms. The summed E-state index contributed by atoms with van der Waals surface area (Å²) in [6.45, 7) is 0. The minimum atomic E-state index is 1.05. The Labute approximate surface area is 189 Å². The number of fused-ring (bicyclic) bond motifs is 3. The van der Waals surface area contributed by atoms with E-state index in [4.69, 9.17) is 0 Å². The van der Waals surface area contributed by atoms with Crippen LogP contribution in [0.15, 0.2) is 97.1 Å². The van der Waals surface area contributed by atoms with Crippen molar-refractivity contribution in [3.8, 4) is 0 Å². The van der Waals surface area contributed by atoms with Gasteiger partial charge in [0.2, 0.25) is 0 Å². The Bertz CT molecular complexity index is 1370. The van der Waals surface area contributed by atoms with Crippen molar-refractivity contribution in [3.63, 3.8) is 0 Å². The van der Waals surface area contributed by atoms with Gasteiger partial charge in [-0.1, -0.05) is 60.7 Å². The lowest BCUT2D eigenvalue weighted by Gasteiger charge is -2.20. The number of benzene rings is 3. The van der Waals surface area contributed by atoms with E-state index in [1.54, 1.807) is 0 Å². The third-order valence-electron chi connectivity index (χ3n) is 6.59. The SMILES string of the molecule is C1=Cc2c(c3ccccc3n2C2=CC=C(c3ccc(Nc4ccccc4)cc3)CC2)CC1. The molecule has 0 saturated carbocycles. The molecule has 2 heteroatoms. The fourth-order valence-corrected chi connectivity index (χ4v) is 5.01. The van der Waals surface area contributed by atoms with E-state index in [1.807, 2.05) is 18.2 Å². The highest BCUT2D eigenvalue weighted by Crippen LogP contribution is 2.37. The average Bonchev–Trinajstić information content (AvgIpc) is 3.20. The summed E-state index contributed by atoms with van der Waals surface area (Å²) in [5.74, 6) is 0. The van der Waals surface area contributed by atoms with Gasteiger partial charge in [0.25, 0.3) is 0 Å². The Kier molecular flexibility index (Phi) is 4.77. The molecule has 0 spiro atoms. The van der Waals surface area contributed by atoms with E-state index >= 15 is 0 Å². The zero-order valence-electron chi connectivity index (χ0n) is 18.1. The third kappa shape index (κ3) is 3.38. The first-order chi connectivity index (χ1) is 15.9. The molecule has 1 heterocycles. The van der Waals surface area contributed by atoms with Crippen LogP contribution in [0.2, 0.25) is 0 Å². The summed E-state index contributed by atoms with van der Waals surface area (Å²) in [6.07, 6.45) is 13.6. The maximum atomic E-state index is 3.46. The Morgan fingerprint density at radius 1 is 0.688 bits per heavy atom. The highest BCUT2D eigenvalue weighted by atomic mass is 15.0. The van der Waals surface area contributed by atoms with E-state index in [-0.39, 0.29) is 0 Å². The Balaban J connectivity index is 1.30. The van der Waals surface area contributed by atoms with Crippen molar-refractivity contribution in [3.05, 3.63) is 114 Å². The molecule has 4 aromatic rings. The number of hydrogen-bond donors (Lipinski definition) is 1. The molecule has 2 aliphatic rings. The van der Waals surface area contributed by atoms with Gasteiger partial charge in [0, 0.05) is 28.2 Å². The van der Waals surface area contributed by atoms with E-state index in [9.17, 15) is 0 Å². The molecule has 1 aromatic heterocycles. The number of anilines is 2. The van der Waals surface area contributed by atoms with Gasteiger partial charge in [-0.2, -0.15) is 0 Å². The summed E-state index contributed by atoms with van der Waals surface area (Å²) in [5.41, 5.74) is 10.5. The maximum absolute atomic E-state index is 3.46. The monoisotopic (exact) mass is 414 g/mol. The zero-order chi connectivity index (χ0) is 21.3. The summed E-state index contributed by atoms with van der Waals surface area (Å²) >= 11 is 0. The number of aryl methyl sites for hydroxylation is 1. The number of aromatic nitrogens is 1. The van der Waals surface area contributed by atoms with Gasteiger partial charge >= 0.3 is 0 Å². The van der Waals surface area contributed by atoms with Gasteiger partial charge in [-0.15, -0.1) is 0 Å². The van der Waals surface area contributed by atoms with Gasteiger partial charge in [-0.25, -0.2) is 0 Å². The Hall–Kier alpha value is -3.78. The van der Waals surface area contributed by atoms with Crippen LogP contribution in [0.4, 0.5) is 11.4 Å². The van der Waals surface area contributed by atoms with Crippen molar-refractivity contribution in [2.45, 2.75) is 25.7 Å². The minimum absolute atomic E-state index is 1.05. The summed E-state index contributed by atoms with van der Waals surface area (Å²) < 4.78 is 2.49. The van der Waals surface area contributed by atoms with Crippen molar-refractivity contribution in [2.24, 2.45) is 0 Å². The molecule has 2 nitrogen and oxygen atoms in total. The maximum Gasteiger partial charge on any atom is 0.0534 e. The van der Waals surface area contributed by atoms with Gasteiger partial charge in [-0.05, 0) is 84.9 Å². The minimum Gasteiger partial charge on any atom is -0.356 e. The fourth-order valence-electron chi connectivity index (χ4n) is 5.01. The van der Waals surface area contributed by atoms with Crippen molar-refractivity contribution < 1.29 is 0 Å². The Morgan fingerprint density at radius 2 is 1.47 bits per heavy atom. The molecule has 0 fully saturated rings. The van der Waals surface area contributed by atoms with Crippen LogP contribution < -0.4 is 5.32 Å². The number of nitrogens with zero attached hydrogens (tertiary/aromatic N) is 1. The van der Waals surface area contributed by atoms with E-state index in [0.29, 0.717) is 0 Å². The second kappa shape index (κ2) is 8.05. The lowest BCUT2D eigenvalue weighted by Crippen LogP contribution is -2.05. The van der Waals surface area contributed by atoms with Gasteiger partial charge in [0.15, 0.2) is 0 Å². The molecule has 2 aliphatic carbocycles. The molecule has 0 aliphatic heterocycles. The van der Waals surface area contributed by atoms with Crippen molar-refractivity contribution >= 4 is 39.6 Å². The van der Waals surface area contributed by atoms with Crippen LogP contribution in [0, 0.1) is 0 Å².